The van der Waals surface area contributed by atoms with E-state index in [2.05, 4.69) is 26.9 Å². The lowest BCUT2D eigenvalue weighted by Crippen LogP contribution is -2.31. The molecule has 0 atom stereocenters. The summed E-state index contributed by atoms with van der Waals surface area (Å²) >= 11 is 6.16. The van der Waals surface area contributed by atoms with E-state index in [-0.39, 0.29) is 12.4 Å². The largest absolute Gasteiger partial charge is 0.726 e. The van der Waals surface area contributed by atoms with Crippen molar-refractivity contribution in [1.82, 2.24) is 0 Å². The number of carbonyl (C=O) groups excluding carboxylic acids is 1. The van der Waals surface area contributed by atoms with Crippen molar-refractivity contribution >= 4 is 49.6 Å². The van der Waals surface area contributed by atoms with E-state index in [1.165, 1.54) is 0 Å². The number of pyridine rings is 1. The molecule has 0 amide bonds. The maximum absolute atomic E-state index is 13.0. The van der Waals surface area contributed by atoms with Crippen molar-refractivity contribution < 1.29 is 26.5 Å². The zero-order valence-corrected chi connectivity index (χ0v) is 21.2. The van der Waals surface area contributed by atoms with Crippen molar-refractivity contribution in [3.05, 3.63) is 76.8 Å². The highest BCUT2D eigenvalue weighted by Gasteiger charge is 2.30. The third kappa shape index (κ3) is 5.23. The number of unbranched alkanes of at least 4 members (excludes halogenated alkanes) is 3. The van der Waals surface area contributed by atoms with Crippen LogP contribution in [0.5, 0.6) is 0 Å². The van der Waals surface area contributed by atoms with Gasteiger partial charge in [-0.05, 0) is 36.2 Å². The second-order valence-corrected chi connectivity index (χ2v) is 9.95. The van der Waals surface area contributed by atoms with Crippen LogP contribution in [0.15, 0.2) is 60.7 Å². The minimum atomic E-state index is -4.46. The molecule has 0 unspecified atom stereocenters. The first-order valence-electron chi connectivity index (χ1n) is 11.5. The number of para-hydroxylation sites is 1. The molecule has 1 aliphatic rings. The highest BCUT2D eigenvalue weighted by molar-refractivity contribution is 7.80. The number of hydrogen-bond donors (Lipinski definition) is 0. The van der Waals surface area contributed by atoms with Crippen LogP contribution in [-0.4, -0.2) is 25.4 Å². The highest BCUT2D eigenvalue weighted by atomic mass is 35.5. The molecule has 182 valence electrons. The summed E-state index contributed by atoms with van der Waals surface area (Å²) in [6.07, 6.45) is 3.66. The van der Waals surface area contributed by atoms with Gasteiger partial charge in [-0.3, -0.25) is 8.98 Å². The Bertz CT molecular complexity index is 1530. The van der Waals surface area contributed by atoms with Crippen LogP contribution in [0.4, 0.5) is 0 Å². The molecular weight excluding hydrogens is 486 g/mol. The Morgan fingerprint density at radius 2 is 1.66 bits per heavy atom. The highest BCUT2D eigenvalue weighted by Crippen LogP contribution is 2.42. The molecule has 0 fully saturated rings. The van der Waals surface area contributed by atoms with Crippen molar-refractivity contribution in [3.63, 3.8) is 0 Å². The third-order valence-electron chi connectivity index (χ3n) is 6.15. The molecule has 0 aliphatic heterocycles. The lowest BCUT2D eigenvalue weighted by molar-refractivity contribution is -0.617. The standard InChI is InChI=1S/C21H13ClNO.C6H14O4S/c1-23-17-7-3-2-5-14(17)19-13-10-9-12(22)11-16(13)21(24)15-6-4-8-18(23)20(15)19;1-2-3-4-5-6-10-11(7,8)9/h2-11H,1H3;2-6H2,1H3,(H,7,8,9)/q+1;/p-1. The van der Waals surface area contributed by atoms with Crippen LogP contribution < -0.4 is 4.57 Å². The van der Waals surface area contributed by atoms with E-state index in [1.54, 1.807) is 6.07 Å². The fraction of sp³-hybridized carbons (Fsp3) is 0.259. The van der Waals surface area contributed by atoms with Crippen LogP contribution >= 0.6 is 11.6 Å². The van der Waals surface area contributed by atoms with Gasteiger partial charge in [0.15, 0.2) is 5.78 Å². The van der Waals surface area contributed by atoms with Gasteiger partial charge in [0.05, 0.1) is 17.4 Å². The average Bonchev–Trinajstić information content (AvgIpc) is 2.83. The first kappa shape index (κ1) is 25.3. The lowest BCUT2D eigenvalue weighted by atomic mass is 9.82. The quantitative estimate of drug-likeness (QED) is 0.0955. The molecule has 0 N–H and O–H groups in total. The second kappa shape index (κ2) is 10.4. The minimum Gasteiger partial charge on any atom is -0.726 e. The zero-order chi connectivity index (χ0) is 25.2. The molecular formula is C27H26ClNO5S. The van der Waals surface area contributed by atoms with Gasteiger partial charge in [0.1, 0.15) is 7.05 Å². The van der Waals surface area contributed by atoms with Gasteiger partial charge in [0, 0.05) is 33.8 Å². The fourth-order valence-corrected chi connectivity index (χ4v) is 5.04. The molecule has 5 rings (SSSR count). The Hall–Kier alpha value is -2.84. The van der Waals surface area contributed by atoms with Crippen molar-refractivity contribution in [2.24, 2.45) is 7.05 Å². The molecule has 1 aromatic heterocycles. The number of halogens is 1. The average molecular weight is 512 g/mol. The summed E-state index contributed by atoms with van der Waals surface area (Å²) in [6.45, 7) is 2.07. The summed E-state index contributed by atoms with van der Waals surface area (Å²) in [4.78, 5) is 13.0. The normalized spacial score (nSPS) is 12.4. The monoisotopic (exact) mass is 511 g/mol. The summed E-state index contributed by atoms with van der Waals surface area (Å²) in [5.41, 5.74) is 5.73. The molecule has 0 bridgehead atoms. The van der Waals surface area contributed by atoms with Gasteiger partial charge in [-0.15, -0.1) is 0 Å². The summed E-state index contributed by atoms with van der Waals surface area (Å²) in [6, 6.07) is 19.9. The topological polar surface area (TPSA) is 87.4 Å². The summed E-state index contributed by atoms with van der Waals surface area (Å²) in [5.74, 6) is 0.0425. The molecule has 3 aromatic carbocycles. The number of carbonyl (C=O) groups is 1. The van der Waals surface area contributed by atoms with Gasteiger partial charge < -0.3 is 4.55 Å². The molecule has 0 saturated carbocycles. The van der Waals surface area contributed by atoms with Gasteiger partial charge in [-0.1, -0.05) is 62.1 Å². The van der Waals surface area contributed by atoms with Crippen LogP contribution in [-0.2, 0) is 21.6 Å². The van der Waals surface area contributed by atoms with Crippen LogP contribution in [0.25, 0.3) is 32.9 Å². The fourth-order valence-electron chi connectivity index (χ4n) is 4.55. The smallest absolute Gasteiger partial charge is 0.217 e. The van der Waals surface area contributed by atoms with Crippen molar-refractivity contribution in [2.45, 2.75) is 32.6 Å². The minimum absolute atomic E-state index is 0.0197. The van der Waals surface area contributed by atoms with Gasteiger partial charge in [-0.2, -0.15) is 4.57 Å². The van der Waals surface area contributed by atoms with Crippen LogP contribution in [0, 0.1) is 0 Å². The van der Waals surface area contributed by atoms with Crippen LogP contribution in [0.2, 0.25) is 5.02 Å². The van der Waals surface area contributed by atoms with Crippen LogP contribution in [0.1, 0.15) is 48.5 Å². The van der Waals surface area contributed by atoms with Gasteiger partial charge in [-0.25, -0.2) is 8.42 Å². The number of aromatic nitrogens is 1. The molecule has 6 nitrogen and oxygen atoms in total. The van der Waals surface area contributed by atoms with Gasteiger partial charge in [0.25, 0.3) is 0 Å². The predicted molar refractivity (Wildman–Crippen MR) is 136 cm³/mol. The Labute approximate surface area is 210 Å². The van der Waals surface area contributed by atoms with Crippen molar-refractivity contribution in [3.8, 4) is 11.1 Å². The lowest BCUT2D eigenvalue weighted by Gasteiger charge is -2.20. The maximum atomic E-state index is 13.0. The maximum Gasteiger partial charge on any atom is 0.217 e. The summed E-state index contributed by atoms with van der Waals surface area (Å²) in [5, 5.41) is 2.76. The number of rotatable bonds is 6. The molecule has 0 spiro atoms. The van der Waals surface area contributed by atoms with Crippen molar-refractivity contribution in [1.29, 1.82) is 0 Å². The molecule has 35 heavy (non-hydrogen) atoms. The Balaban J connectivity index is 0.000000225. The van der Waals surface area contributed by atoms with Gasteiger partial charge in [0.2, 0.25) is 21.4 Å². The first-order chi connectivity index (χ1) is 16.7. The number of ketones is 1. The Kier molecular flexibility index (Phi) is 7.52. The third-order valence-corrected chi connectivity index (χ3v) is 6.84. The number of aryl methyl sites for hydroxylation is 1. The SMILES string of the molecule is CCCCCCOS(=O)(=O)[O-].C[n+]1c2ccccc2c2c3c(cccc31)C(=O)c1cc(Cl)ccc1-2. The molecule has 4 aromatic rings. The van der Waals surface area contributed by atoms with E-state index in [0.717, 1.165) is 57.8 Å². The Morgan fingerprint density at radius 1 is 0.914 bits per heavy atom. The number of fused-ring (bicyclic) bond motifs is 4. The van der Waals surface area contributed by atoms with E-state index in [4.69, 9.17) is 11.6 Å². The van der Waals surface area contributed by atoms with E-state index < -0.39 is 10.4 Å². The van der Waals surface area contributed by atoms with Crippen LogP contribution in [0.3, 0.4) is 0 Å². The molecule has 0 radical (unpaired) electrons. The molecule has 1 aliphatic carbocycles. The number of nitrogens with zero attached hydrogens (tertiary/aromatic N) is 1. The van der Waals surface area contributed by atoms with E-state index >= 15 is 0 Å². The number of hydrogen-bond acceptors (Lipinski definition) is 5. The second-order valence-electron chi connectivity index (χ2n) is 8.46. The van der Waals surface area contributed by atoms with Crippen molar-refractivity contribution in [2.75, 3.05) is 6.61 Å². The predicted octanol–water partition coefficient (Wildman–Crippen LogP) is 5.73. The van der Waals surface area contributed by atoms with E-state index in [9.17, 15) is 17.8 Å². The first-order valence-corrected chi connectivity index (χ1v) is 13.2. The molecule has 0 saturated heterocycles. The molecule has 1 heterocycles. The summed E-state index contributed by atoms with van der Waals surface area (Å²) in [7, 11) is -2.41. The number of benzene rings is 3. The van der Waals surface area contributed by atoms with E-state index in [1.807, 2.05) is 50.4 Å². The zero-order valence-electron chi connectivity index (χ0n) is 19.6. The molecule has 8 heteroatoms. The Morgan fingerprint density at radius 3 is 2.40 bits per heavy atom. The van der Waals surface area contributed by atoms with Gasteiger partial charge >= 0.3 is 0 Å². The summed E-state index contributed by atoms with van der Waals surface area (Å²) < 4.78 is 35.8. The van der Waals surface area contributed by atoms with E-state index in [0.29, 0.717) is 17.0 Å².